The second-order valence-corrected chi connectivity index (χ2v) is 21.3. The lowest BCUT2D eigenvalue weighted by atomic mass is 9.98. The molecule has 4 heterocycles. The monoisotopic (exact) mass is 948 g/mol. The molecular weight excluding hydrogens is 909 g/mol. The zero-order valence-electron chi connectivity index (χ0n) is 38.8. The fourth-order valence-corrected chi connectivity index (χ4v) is 14.4. The predicted octanol–water partition coefficient (Wildman–Crippen LogP) is 19.9. The number of hydrogen-bond donors (Lipinski definition) is 0. The molecule has 16 aromatic rings. The van der Waals surface area contributed by atoms with E-state index in [2.05, 4.69) is 252 Å². The Labute approximate surface area is 422 Å². The third kappa shape index (κ3) is 5.94. The molecule has 334 valence electrons. The summed E-state index contributed by atoms with van der Waals surface area (Å²) in [5.41, 5.74) is 14.5. The van der Waals surface area contributed by atoms with E-state index in [1.54, 1.807) is 0 Å². The number of fused-ring (bicyclic) bond motifs is 14. The zero-order chi connectivity index (χ0) is 47.0. The van der Waals surface area contributed by atoms with E-state index in [-0.39, 0.29) is 0 Å². The van der Waals surface area contributed by atoms with E-state index in [1.807, 2.05) is 22.7 Å². The Morgan fingerprint density at radius 2 is 0.597 bits per heavy atom. The number of rotatable bonds is 5. The highest BCUT2D eigenvalue weighted by molar-refractivity contribution is 7.26. The Morgan fingerprint density at radius 3 is 1.04 bits per heavy atom. The van der Waals surface area contributed by atoms with Crippen LogP contribution in [0.5, 0.6) is 0 Å². The van der Waals surface area contributed by atoms with Crippen LogP contribution in [0.2, 0.25) is 0 Å². The molecule has 0 saturated heterocycles. The van der Waals surface area contributed by atoms with Gasteiger partial charge in [0, 0.05) is 73.3 Å². The maximum Gasteiger partial charge on any atom is 0.0541 e. The van der Waals surface area contributed by atoms with Crippen LogP contribution in [-0.4, -0.2) is 9.13 Å². The summed E-state index contributed by atoms with van der Waals surface area (Å²) in [6.45, 7) is 0. The lowest BCUT2D eigenvalue weighted by Crippen LogP contribution is -1.94. The molecule has 0 bridgehead atoms. The summed E-state index contributed by atoms with van der Waals surface area (Å²) in [4.78, 5) is 0. The van der Waals surface area contributed by atoms with Crippen molar-refractivity contribution in [3.8, 4) is 44.8 Å². The molecule has 0 aliphatic heterocycles. The lowest BCUT2D eigenvalue weighted by Gasteiger charge is -2.11. The molecular formula is C68H40N2S2. The standard InChI is InChI=1S/C68H40N2S2/c1-3-13-43-35-49(29-23-41(43)11-1)69-61-31-25-45(37-57(61)59-39-47(27-33-63(59)69)51-17-9-19-55-53-15-5-7-21-65(53)71-67(51)55)46-26-32-62-58(38-46)60-40-48(52-18-10-20-56-54-16-6-8-22-66(54)72-68(52)56)28-34-64(60)70(62)50-30-24-42-12-2-4-14-44(42)36-50/h1-40H. The van der Waals surface area contributed by atoms with Crippen LogP contribution in [0.25, 0.3) is 150 Å². The van der Waals surface area contributed by atoms with Gasteiger partial charge in [0.05, 0.1) is 22.1 Å². The quantitative estimate of drug-likeness (QED) is 0.163. The van der Waals surface area contributed by atoms with Gasteiger partial charge in [-0.1, -0.05) is 158 Å². The van der Waals surface area contributed by atoms with E-state index in [4.69, 9.17) is 0 Å². The summed E-state index contributed by atoms with van der Waals surface area (Å²) in [5, 5.41) is 15.2. The Morgan fingerprint density at radius 1 is 0.236 bits per heavy atom. The summed E-state index contributed by atoms with van der Waals surface area (Å²) in [7, 11) is 0. The first-order valence-electron chi connectivity index (χ1n) is 24.6. The first-order chi connectivity index (χ1) is 35.7. The summed E-state index contributed by atoms with van der Waals surface area (Å²) in [6.07, 6.45) is 0. The highest BCUT2D eigenvalue weighted by atomic mass is 32.1. The number of benzene rings is 12. The smallest absolute Gasteiger partial charge is 0.0541 e. The van der Waals surface area contributed by atoms with Crippen molar-refractivity contribution in [3.05, 3.63) is 243 Å². The SMILES string of the molecule is c1ccc2cc(-n3c4ccc(-c5ccc6c(c5)c5cc(-c7cccc8c7sc7ccccc78)ccc5n6-c5ccc6ccccc6c5)cc4c4cc(-c5cccc6c5sc5ccccc56)ccc43)ccc2c1. The first-order valence-corrected chi connectivity index (χ1v) is 26.3. The number of hydrogen-bond acceptors (Lipinski definition) is 2. The van der Waals surface area contributed by atoms with Gasteiger partial charge >= 0.3 is 0 Å². The van der Waals surface area contributed by atoms with E-state index in [0.29, 0.717) is 0 Å². The second kappa shape index (κ2) is 15.3. The highest BCUT2D eigenvalue weighted by Crippen LogP contribution is 2.45. The lowest BCUT2D eigenvalue weighted by molar-refractivity contribution is 1.18. The van der Waals surface area contributed by atoms with Gasteiger partial charge in [-0.25, -0.2) is 0 Å². The summed E-state index contributed by atoms with van der Waals surface area (Å²) < 4.78 is 10.2. The minimum Gasteiger partial charge on any atom is -0.309 e. The normalized spacial score (nSPS) is 12.2. The van der Waals surface area contributed by atoms with Crippen LogP contribution in [0.15, 0.2) is 243 Å². The van der Waals surface area contributed by atoms with Crippen molar-refractivity contribution in [1.29, 1.82) is 0 Å². The molecule has 0 N–H and O–H groups in total. The maximum atomic E-state index is 2.46. The van der Waals surface area contributed by atoms with Crippen molar-refractivity contribution in [2.75, 3.05) is 0 Å². The third-order valence-electron chi connectivity index (χ3n) is 15.3. The largest absolute Gasteiger partial charge is 0.309 e. The fourth-order valence-electron chi connectivity index (χ4n) is 11.9. The van der Waals surface area contributed by atoms with Gasteiger partial charge in [0.15, 0.2) is 0 Å². The zero-order valence-corrected chi connectivity index (χ0v) is 40.4. The van der Waals surface area contributed by atoms with Crippen molar-refractivity contribution in [3.63, 3.8) is 0 Å². The molecule has 16 rings (SSSR count). The average molecular weight is 949 g/mol. The van der Waals surface area contributed by atoms with Crippen LogP contribution < -0.4 is 0 Å². The van der Waals surface area contributed by atoms with E-state index in [0.717, 1.165) is 11.4 Å². The number of aromatic nitrogens is 2. The Bertz CT molecular complexity index is 4630. The van der Waals surface area contributed by atoms with Gasteiger partial charge in [0.2, 0.25) is 0 Å². The molecule has 4 heteroatoms. The number of thiophene rings is 2. The summed E-state index contributed by atoms with van der Waals surface area (Å²) in [6, 6.07) is 90.7. The molecule has 0 atom stereocenters. The minimum atomic E-state index is 1.16. The highest BCUT2D eigenvalue weighted by Gasteiger charge is 2.20. The number of nitrogens with zero attached hydrogens (tertiary/aromatic N) is 2. The molecule has 0 unspecified atom stereocenters. The maximum absolute atomic E-state index is 2.46. The van der Waals surface area contributed by atoms with Crippen LogP contribution in [0, 0.1) is 0 Å². The molecule has 0 amide bonds. The van der Waals surface area contributed by atoms with Crippen molar-refractivity contribution >= 4 is 128 Å². The second-order valence-electron chi connectivity index (χ2n) is 19.2. The van der Waals surface area contributed by atoms with Gasteiger partial charge in [-0.05, 0) is 140 Å². The molecule has 4 aromatic heterocycles. The fraction of sp³-hybridized carbons (Fsp3) is 0. The Hall–Kier alpha value is -8.80. The van der Waals surface area contributed by atoms with Crippen LogP contribution in [-0.2, 0) is 0 Å². The van der Waals surface area contributed by atoms with Crippen molar-refractivity contribution < 1.29 is 0 Å². The van der Waals surface area contributed by atoms with Crippen LogP contribution in [0.1, 0.15) is 0 Å². The topological polar surface area (TPSA) is 9.86 Å². The molecule has 72 heavy (non-hydrogen) atoms. The van der Waals surface area contributed by atoms with Crippen LogP contribution in [0.4, 0.5) is 0 Å². The minimum absolute atomic E-state index is 1.16. The van der Waals surface area contributed by atoms with Crippen molar-refractivity contribution in [2.45, 2.75) is 0 Å². The van der Waals surface area contributed by atoms with E-state index < -0.39 is 0 Å². The Balaban J connectivity index is 0.920. The molecule has 0 radical (unpaired) electrons. The molecule has 0 aliphatic carbocycles. The molecule has 0 spiro atoms. The van der Waals surface area contributed by atoms with Gasteiger partial charge in [0.1, 0.15) is 0 Å². The predicted molar refractivity (Wildman–Crippen MR) is 312 cm³/mol. The summed E-state index contributed by atoms with van der Waals surface area (Å²) in [5.74, 6) is 0. The van der Waals surface area contributed by atoms with Gasteiger partial charge in [-0.2, -0.15) is 0 Å². The molecule has 2 nitrogen and oxygen atoms in total. The average Bonchev–Trinajstić information content (AvgIpc) is 4.20. The molecule has 12 aromatic carbocycles. The third-order valence-corrected chi connectivity index (χ3v) is 17.7. The van der Waals surface area contributed by atoms with E-state index >= 15 is 0 Å². The van der Waals surface area contributed by atoms with Gasteiger partial charge in [-0.3, -0.25) is 0 Å². The van der Waals surface area contributed by atoms with Gasteiger partial charge < -0.3 is 9.13 Å². The van der Waals surface area contributed by atoms with Gasteiger partial charge in [-0.15, -0.1) is 22.7 Å². The van der Waals surface area contributed by atoms with Crippen LogP contribution >= 0.6 is 22.7 Å². The first kappa shape index (κ1) is 40.0. The molecule has 0 fully saturated rings. The summed E-state index contributed by atoms with van der Waals surface area (Å²) >= 11 is 3.78. The molecule has 0 aliphatic rings. The van der Waals surface area contributed by atoms with E-state index in [1.165, 1.54) is 139 Å². The van der Waals surface area contributed by atoms with Crippen molar-refractivity contribution in [2.24, 2.45) is 0 Å². The van der Waals surface area contributed by atoms with Crippen molar-refractivity contribution in [1.82, 2.24) is 9.13 Å². The van der Waals surface area contributed by atoms with E-state index in [9.17, 15) is 0 Å². The van der Waals surface area contributed by atoms with Crippen LogP contribution in [0.3, 0.4) is 0 Å². The van der Waals surface area contributed by atoms with Gasteiger partial charge in [0.25, 0.3) is 0 Å². The molecule has 0 saturated carbocycles. The Kier molecular flexibility index (Phi) is 8.52.